The summed E-state index contributed by atoms with van der Waals surface area (Å²) < 4.78 is 0.922. The monoisotopic (exact) mass is 435 g/mol. The number of amides is 2. The Balaban J connectivity index is 1.86. The lowest BCUT2D eigenvalue weighted by atomic mass is 10.1. The number of hydrogen-bond acceptors (Lipinski definition) is 3. The van der Waals surface area contributed by atoms with Gasteiger partial charge in [0.05, 0.1) is 0 Å². The molecule has 0 atom stereocenters. The second-order valence-corrected chi connectivity index (χ2v) is 6.92. The third-order valence-electron chi connectivity index (χ3n) is 3.88. The van der Waals surface area contributed by atoms with Crippen molar-refractivity contribution < 1.29 is 9.59 Å². The summed E-state index contributed by atoms with van der Waals surface area (Å²) in [7, 11) is 0. The van der Waals surface area contributed by atoms with E-state index in [1.165, 1.54) is 0 Å². The van der Waals surface area contributed by atoms with Gasteiger partial charge in [0.1, 0.15) is 5.70 Å². The van der Waals surface area contributed by atoms with Crippen LogP contribution < -0.4 is 16.4 Å². The second-order valence-electron chi connectivity index (χ2n) is 6.01. The first-order valence-electron chi connectivity index (χ1n) is 8.52. The fourth-order valence-electron chi connectivity index (χ4n) is 2.43. The van der Waals surface area contributed by atoms with Gasteiger partial charge in [-0.15, -0.1) is 0 Å². The van der Waals surface area contributed by atoms with Gasteiger partial charge < -0.3 is 16.4 Å². The number of nitrogens with two attached hydrogens (primary N) is 1. The van der Waals surface area contributed by atoms with Gasteiger partial charge in [0, 0.05) is 21.4 Å². The molecule has 0 saturated heterocycles. The van der Waals surface area contributed by atoms with Gasteiger partial charge in [-0.25, -0.2) is 0 Å². The van der Waals surface area contributed by atoms with Crippen molar-refractivity contribution in [1.82, 2.24) is 5.32 Å². The Bertz CT molecular complexity index is 998. The molecule has 3 aromatic rings. The van der Waals surface area contributed by atoms with Gasteiger partial charge in [0.15, 0.2) is 0 Å². The predicted octanol–water partition coefficient (Wildman–Crippen LogP) is 4.44. The smallest absolute Gasteiger partial charge is 0.272 e. The van der Waals surface area contributed by atoms with Gasteiger partial charge >= 0.3 is 0 Å². The van der Waals surface area contributed by atoms with Crippen LogP contribution in [0.15, 0.2) is 89.0 Å². The standard InChI is InChI=1S/C22H18BrN3O2/c23-17-8-6-15(7-9-17)14-20(26-21(27)16-4-2-1-3-5-16)22(28)25-19-12-10-18(24)11-13-19/h1-14H,24H2,(H,25,28)(H,26,27)/b20-14+. The van der Waals surface area contributed by atoms with Crippen LogP contribution in [0, 0.1) is 0 Å². The normalized spacial score (nSPS) is 11.0. The van der Waals surface area contributed by atoms with Crippen molar-refractivity contribution >= 4 is 45.2 Å². The van der Waals surface area contributed by atoms with E-state index in [1.807, 2.05) is 30.3 Å². The van der Waals surface area contributed by atoms with Crippen LogP contribution in [-0.4, -0.2) is 11.8 Å². The maximum atomic E-state index is 12.8. The maximum Gasteiger partial charge on any atom is 0.272 e. The molecule has 0 spiro atoms. The molecular formula is C22H18BrN3O2. The quantitative estimate of drug-likeness (QED) is 0.409. The average molecular weight is 436 g/mol. The number of benzene rings is 3. The Morgan fingerprint density at radius 3 is 2.14 bits per heavy atom. The van der Waals surface area contributed by atoms with Crippen molar-refractivity contribution in [2.45, 2.75) is 0 Å². The summed E-state index contributed by atoms with van der Waals surface area (Å²) in [6.45, 7) is 0. The van der Waals surface area contributed by atoms with Crippen molar-refractivity contribution in [3.05, 3.63) is 100 Å². The molecule has 140 valence electrons. The molecule has 0 unspecified atom stereocenters. The summed E-state index contributed by atoms with van der Waals surface area (Å²) in [6, 6.07) is 22.9. The van der Waals surface area contributed by atoms with Crippen LogP contribution >= 0.6 is 15.9 Å². The maximum absolute atomic E-state index is 12.8. The number of hydrogen-bond donors (Lipinski definition) is 3. The molecule has 0 heterocycles. The highest BCUT2D eigenvalue weighted by Crippen LogP contribution is 2.15. The Morgan fingerprint density at radius 1 is 0.857 bits per heavy atom. The fraction of sp³-hybridized carbons (Fsp3) is 0. The summed E-state index contributed by atoms with van der Waals surface area (Å²) >= 11 is 3.38. The molecule has 0 fully saturated rings. The topological polar surface area (TPSA) is 84.2 Å². The molecule has 28 heavy (non-hydrogen) atoms. The molecule has 5 nitrogen and oxygen atoms in total. The minimum Gasteiger partial charge on any atom is -0.399 e. The third kappa shape index (κ3) is 5.31. The van der Waals surface area contributed by atoms with E-state index in [1.54, 1.807) is 54.6 Å². The van der Waals surface area contributed by atoms with Gasteiger partial charge in [0.2, 0.25) is 0 Å². The lowest BCUT2D eigenvalue weighted by Gasteiger charge is -2.11. The van der Waals surface area contributed by atoms with Crippen molar-refractivity contribution in [1.29, 1.82) is 0 Å². The summed E-state index contributed by atoms with van der Waals surface area (Å²) in [5.74, 6) is -0.798. The first kappa shape index (κ1) is 19.4. The number of rotatable bonds is 5. The van der Waals surface area contributed by atoms with Gasteiger partial charge in [0.25, 0.3) is 11.8 Å². The molecule has 0 aromatic heterocycles. The van der Waals surface area contributed by atoms with Crippen LogP contribution in [0.4, 0.5) is 11.4 Å². The highest BCUT2D eigenvalue weighted by Gasteiger charge is 2.15. The van der Waals surface area contributed by atoms with Gasteiger partial charge in [-0.1, -0.05) is 46.3 Å². The molecule has 0 aliphatic heterocycles. The second kappa shape index (κ2) is 9.01. The van der Waals surface area contributed by atoms with E-state index in [4.69, 9.17) is 5.73 Å². The Morgan fingerprint density at radius 2 is 1.50 bits per heavy atom. The molecule has 0 radical (unpaired) electrons. The molecule has 3 rings (SSSR count). The van der Waals surface area contributed by atoms with Crippen LogP contribution in [0.5, 0.6) is 0 Å². The summed E-state index contributed by atoms with van der Waals surface area (Å²) in [4.78, 5) is 25.3. The average Bonchev–Trinajstić information content (AvgIpc) is 2.71. The van der Waals surface area contributed by atoms with Gasteiger partial charge in [-0.05, 0) is 60.2 Å². The van der Waals surface area contributed by atoms with E-state index in [9.17, 15) is 9.59 Å². The number of nitrogens with one attached hydrogen (secondary N) is 2. The molecular weight excluding hydrogens is 418 g/mol. The first-order valence-corrected chi connectivity index (χ1v) is 9.31. The SMILES string of the molecule is Nc1ccc(NC(=O)/C(=C\c2ccc(Br)cc2)NC(=O)c2ccccc2)cc1. The van der Waals surface area contributed by atoms with Crippen LogP contribution in [0.3, 0.4) is 0 Å². The summed E-state index contributed by atoms with van der Waals surface area (Å²) in [5, 5.41) is 5.47. The number of anilines is 2. The number of halogens is 1. The molecule has 0 aliphatic carbocycles. The Kier molecular flexibility index (Phi) is 6.24. The highest BCUT2D eigenvalue weighted by molar-refractivity contribution is 9.10. The van der Waals surface area contributed by atoms with E-state index in [2.05, 4.69) is 26.6 Å². The molecule has 6 heteroatoms. The number of carbonyl (C=O) groups excluding carboxylic acids is 2. The predicted molar refractivity (Wildman–Crippen MR) is 116 cm³/mol. The van der Waals surface area contributed by atoms with Gasteiger partial charge in [-0.2, -0.15) is 0 Å². The summed E-state index contributed by atoms with van der Waals surface area (Å²) in [6.07, 6.45) is 1.62. The van der Waals surface area contributed by atoms with E-state index >= 15 is 0 Å². The minimum atomic E-state index is -0.433. The van der Waals surface area contributed by atoms with Crippen LogP contribution in [0.1, 0.15) is 15.9 Å². The largest absolute Gasteiger partial charge is 0.399 e. The molecule has 0 saturated carbocycles. The number of carbonyl (C=O) groups is 2. The zero-order chi connectivity index (χ0) is 19.9. The molecule has 4 N–H and O–H groups in total. The fourth-order valence-corrected chi connectivity index (χ4v) is 2.70. The van der Waals surface area contributed by atoms with Crippen molar-refractivity contribution in [2.24, 2.45) is 0 Å². The summed E-state index contributed by atoms with van der Waals surface area (Å²) in [5.41, 5.74) is 8.23. The number of nitrogen functional groups attached to an aromatic ring is 1. The van der Waals surface area contributed by atoms with Crippen LogP contribution in [0.2, 0.25) is 0 Å². The first-order chi connectivity index (χ1) is 13.5. The molecule has 0 bridgehead atoms. The van der Waals surface area contributed by atoms with E-state index in [-0.39, 0.29) is 11.6 Å². The van der Waals surface area contributed by atoms with Crippen LogP contribution in [0.25, 0.3) is 6.08 Å². The highest BCUT2D eigenvalue weighted by atomic mass is 79.9. The van der Waals surface area contributed by atoms with Crippen molar-refractivity contribution in [3.63, 3.8) is 0 Å². The Hall–Kier alpha value is -3.38. The van der Waals surface area contributed by atoms with Crippen molar-refractivity contribution in [2.75, 3.05) is 11.1 Å². The van der Waals surface area contributed by atoms with Crippen LogP contribution in [-0.2, 0) is 4.79 Å². The van der Waals surface area contributed by atoms with E-state index in [0.29, 0.717) is 16.9 Å². The lowest BCUT2D eigenvalue weighted by molar-refractivity contribution is -0.113. The Labute approximate surface area is 171 Å². The van der Waals surface area contributed by atoms with E-state index in [0.717, 1.165) is 10.0 Å². The van der Waals surface area contributed by atoms with Gasteiger partial charge in [-0.3, -0.25) is 9.59 Å². The molecule has 3 aromatic carbocycles. The zero-order valence-electron chi connectivity index (χ0n) is 14.9. The molecule has 0 aliphatic rings. The minimum absolute atomic E-state index is 0.132. The lowest BCUT2D eigenvalue weighted by Crippen LogP contribution is -2.30. The molecule has 2 amide bonds. The third-order valence-corrected chi connectivity index (χ3v) is 4.41. The zero-order valence-corrected chi connectivity index (χ0v) is 16.4. The van der Waals surface area contributed by atoms with Crippen molar-refractivity contribution in [3.8, 4) is 0 Å². The van der Waals surface area contributed by atoms with E-state index < -0.39 is 5.91 Å².